The van der Waals surface area contributed by atoms with Gasteiger partial charge in [-0.1, -0.05) is 12.1 Å². The van der Waals surface area contributed by atoms with Crippen LogP contribution in [0, 0.1) is 0 Å². The van der Waals surface area contributed by atoms with Gasteiger partial charge in [0.1, 0.15) is 11.5 Å². The fraction of sp³-hybridized carbons (Fsp3) is 0.391. The molecule has 3 rings (SSSR count). The highest BCUT2D eigenvalue weighted by atomic mass is 16.5. The van der Waals surface area contributed by atoms with Crippen LogP contribution in [0.4, 0.5) is 5.69 Å². The maximum Gasteiger partial charge on any atom is 0.224 e. The first-order valence-corrected chi connectivity index (χ1v) is 9.97. The Balaban J connectivity index is 1.52. The zero-order valence-electron chi connectivity index (χ0n) is 16.3. The summed E-state index contributed by atoms with van der Waals surface area (Å²) in [5, 5.41) is 2.88. The molecule has 1 N–H and O–H groups in total. The summed E-state index contributed by atoms with van der Waals surface area (Å²) in [4.78, 5) is 24.7. The first-order valence-electron chi connectivity index (χ1n) is 9.97. The average Bonchev–Trinajstić information content (AvgIpc) is 3.22. The largest absolute Gasteiger partial charge is 0.494 e. The van der Waals surface area contributed by atoms with Gasteiger partial charge in [0, 0.05) is 18.4 Å². The lowest BCUT2D eigenvalue weighted by molar-refractivity contribution is -0.116. The number of ketones is 1. The van der Waals surface area contributed by atoms with Gasteiger partial charge in [-0.15, -0.1) is 0 Å². The molecule has 0 spiro atoms. The van der Waals surface area contributed by atoms with Crippen LogP contribution in [0.5, 0.6) is 11.5 Å². The Morgan fingerprint density at radius 3 is 2.43 bits per heavy atom. The van der Waals surface area contributed by atoms with Crippen molar-refractivity contribution in [1.82, 2.24) is 0 Å². The maximum atomic E-state index is 12.3. The zero-order chi connectivity index (χ0) is 19.8. The van der Waals surface area contributed by atoms with Crippen LogP contribution in [0.25, 0.3) is 0 Å². The van der Waals surface area contributed by atoms with Crippen molar-refractivity contribution in [2.75, 3.05) is 11.9 Å². The Labute approximate surface area is 166 Å². The number of nitrogens with one attached hydrogen (secondary N) is 1. The van der Waals surface area contributed by atoms with Crippen LogP contribution in [0.1, 0.15) is 55.8 Å². The SMILES string of the molecule is CCOc1ccc(C(=O)CCC(=O)Nc2ccccc2OC2CCCC2)cc1. The van der Waals surface area contributed by atoms with Gasteiger partial charge in [-0.25, -0.2) is 0 Å². The number of hydrogen-bond acceptors (Lipinski definition) is 4. The molecule has 1 saturated carbocycles. The van der Waals surface area contributed by atoms with E-state index in [2.05, 4.69) is 5.32 Å². The van der Waals surface area contributed by atoms with Crippen LogP contribution in [0.15, 0.2) is 48.5 Å². The van der Waals surface area contributed by atoms with E-state index < -0.39 is 0 Å². The van der Waals surface area contributed by atoms with Crippen molar-refractivity contribution in [3.05, 3.63) is 54.1 Å². The molecule has 28 heavy (non-hydrogen) atoms. The van der Waals surface area contributed by atoms with Gasteiger partial charge in [-0.05, 0) is 69.0 Å². The number of ether oxygens (including phenoxy) is 2. The second-order valence-electron chi connectivity index (χ2n) is 6.95. The topological polar surface area (TPSA) is 64.6 Å². The van der Waals surface area contributed by atoms with Crippen molar-refractivity contribution in [3.8, 4) is 11.5 Å². The van der Waals surface area contributed by atoms with Gasteiger partial charge in [-0.2, -0.15) is 0 Å². The molecule has 0 aliphatic heterocycles. The third-order valence-electron chi connectivity index (χ3n) is 4.82. The van der Waals surface area contributed by atoms with Gasteiger partial charge < -0.3 is 14.8 Å². The Bertz CT molecular complexity index is 795. The second kappa shape index (κ2) is 9.93. The molecular formula is C23H27NO4. The minimum Gasteiger partial charge on any atom is -0.494 e. The van der Waals surface area contributed by atoms with E-state index >= 15 is 0 Å². The van der Waals surface area contributed by atoms with Crippen molar-refractivity contribution < 1.29 is 19.1 Å². The first kappa shape index (κ1) is 19.9. The summed E-state index contributed by atoms with van der Waals surface area (Å²) in [5.41, 5.74) is 1.24. The van der Waals surface area contributed by atoms with Crippen molar-refractivity contribution in [2.45, 2.75) is 51.6 Å². The molecule has 0 unspecified atom stereocenters. The summed E-state index contributed by atoms with van der Waals surface area (Å²) >= 11 is 0. The Kier molecular flexibility index (Phi) is 7.06. The van der Waals surface area contributed by atoms with E-state index in [0.717, 1.165) is 18.6 Å². The van der Waals surface area contributed by atoms with Crippen molar-refractivity contribution in [1.29, 1.82) is 0 Å². The fourth-order valence-corrected chi connectivity index (χ4v) is 3.35. The number of anilines is 1. The number of amides is 1. The second-order valence-corrected chi connectivity index (χ2v) is 6.95. The molecule has 5 nitrogen and oxygen atoms in total. The molecule has 148 valence electrons. The number of para-hydroxylation sites is 2. The summed E-state index contributed by atoms with van der Waals surface area (Å²) in [6, 6.07) is 14.5. The predicted octanol–water partition coefficient (Wildman–Crippen LogP) is 5.01. The van der Waals surface area contributed by atoms with E-state index in [9.17, 15) is 9.59 Å². The predicted molar refractivity (Wildman–Crippen MR) is 109 cm³/mol. The number of benzene rings is 2. The van der Waals surface area contributed by atoms with Gasteiger partial charge in [0.05, 0.1) is 18.4 Å². The standard InChI is InChI=1S/C23H27NO4/c1-2-27-18-13-11-17(12-14-18)21(25)15-16-23(26)24-20-9-5-6-10-22(20)28-19-7-3-4-8-19/h5-6,9-14,19H,2-4,7-8,15-16H2,1H3,(H,24,26). The Hall–Kier alpha value is -2.82. The van der Waals surface area contributed by atoms with E-state index in [1.807, 2.05) is 31.2 Å². The fourth-order valence-electron chi connectivity index (χ4n) is 3.35. The molecule has 1 aliphatic rings. The van der Waals surface area contributed by atoms with Crippen LogP contribution < -0.4 is 14.8 Å². The lowest BCUT2D eigenvalue weighted by Gasteiger charge is -2.16. The van der Waals surface area contributed by atoms with Crippen LogP contribution in [-0.4, -0.2) is 24.4 Å². The third kappa shape index (κ3) is 5.59. The summed E-state index contributed by atoms with van der Waals surface area (Å²) < 4.78 is 11.4. The number of hydrogen-bond donors (Lipinski definition) is 1. The molecule has 5 heteroatoms. The van der Waals surface area contributed by atoms with Crippen molar-refractivity contribution >= 4 is 17.4 Å². The van der Waals surface area contributed by atoms with Crippen LogP contribution >= 0.6 is 0 Å². The number of rotatable bonds is 9. The van der Waals surface area contributed by atoms with E-state index in [1.54, 1.807) is 24.3 Å². The van der Waals surface area contributed by atoms with Gasteiger partial charge in [0.25, 0.3) is 0 Å². The molecule has 0 heterocycles. The number of carbonyl (C=O) groups excluding carboxylic acids is 2. The maximum absolute atomic E-state index is 12.3. The summed E-state index contributed by atoms with van der Waals surface area (Å²) in [6.45, 7) is 2.49. The molecule has 2 aromatic rings. The van der Waals surface area contributed by atoms with Gasteiger partial charge >= 0.3 is 0 Å². The minimum absolute atomic E-state index is 0.0614. The molecular weight excluding hydrogens is 354 g/mol. The van der Waals surface area contributed by atoms with E-state index in [4.69, 9.17) is 9.47 Å². The first-order chi connectivity index (χ1) is 13.7. The molecule has 0 saturated heterocycles. The molecule has 1 amide bonds. The highest BCUT2D eigenvalue weighted by molar-refractivity contribution is 6.00. The lowest BCUT2D eigenvalue weighted by atomic mass is 10.1. The molecule has 1 aliphatic carbocycles. The molecule has 0 atom stereocenters. The van der Waals surface area contributed by atoms with Crippen LogP contribution in [0.3, 0.4) is 0 Å². The van der Waals surface area contributed by atoms with Crippen LogP contribution in [-0.2, 0) is 4.79 Å². The Morgan fingerprint density at radius 2 is 1.71 bits per heavy atom. The third-order valence-corrected chi connectivity index (χ3v) is 4.82. The highest BCUT2D eigenvalue weighted by Gasteiger charge is 2.18. The van der Waals surface area contributed by atoms with Gasteiger partial charge in [0.2, 0.25) is 5.91 Å². The smallest absolute Gasteiger partial charge is 0.224 e. The summed E-state index contributed by atoms with van der Waals surface area (Å²) in [5.74, 6) is 1.17. The normalized spacial score (nSPS) is 13.9. The Morgan fingerprint density at radius 1 is 1.00 bits per heavy atom. The van der Waals surface area contributed by atoms with E-state index in [1.165, 1.54) is 12.8 Å². The molecule has 1 fully saturated rings. The molecule has 0 bridgehead atoms. The number of Topliss-reactive ketones (excluding diaryl/α,β-unsaturated/α-hetero) is 1. The molecule has 2 aromatic carbocycles. The summed E-state index contributed by atoms with van der Waals surface area (Å²) in [6.07, 6.45) is 4.99. The average molecular weight is 381 g/mol. The van der Waals surface area contributed by atoms with Gasteiger partial charge in [-0.3, -0.25) is 9.59 Å². The highest BCUT2D eigenvalue weighted by Crippen LogP contribution is 2.29. The lowest BCUT2D eigenvalue weighted by Crippen LogP contribution is -2.16. The van der Waals surface area contributed by atoms with Crippen molar-refractivity contribution in [3.63, 3.8) is 0 Å². The van der Waals surface area contributed by atoms with Crippen LogP contribution in [0.2, 0.25) is 0 Å². The van der Waals surface area contributed by atoms with E-state index in [0.29, 0.717) is 23.6 Å². The van der Waals surface area contributed by atoms with Crippen molar-refractivity contribution in [2.24, 2.45) is 0 Å². The summed E-state index contributed by atoms with van der Waals surface area (Å²) in [7, 11) is 0. The van der Waals surface area contributed by atoms with Gasteiger partial charge in [0.15, 0.2) is 5.78 Å². The monoisotopic (exact) mass is 381 g/mol. The molecule has 0 aromatic heterocycles. The quantitative estimate of drug-likeness (QED) is 0.620. The number of carbonyl (C=O) groups is 2. The zero-order valence-corrected chi connectivity index (χ0v) is 16.3. The van der Waals surface area contributed by atoms with E-state index in [-0.39, 0.29) is 30.6 Å². The molecule has 0 radical (unpaired) electrons. The minimum atomic E-state index is -0.193.